The summed E-state index contributed by atoms with van der Waals surface area (Å²) in [7, 11) is 0. The molecule has 1 fully saturated rings. The number of piperidine rings is 1. The highest BCUT2D eigenvalue weighted by Crippen LogP contribution is 2.33. The maximum Gasteiger partial charge on any atom is 0.225 e. The van der Waals surface area contributed by atoms with Crippen molar-refractivity contribution in [2.24, 2.45) is 5.92 Å². The molecule has 2 atom stereocenters. The molecule has 0 unspecified atom stereocenters. The largest absolute Gasteiger partial charge is 0.355 e. The van der Waals surface area contributed by atoms with Crippen molar-refractivity contribution in [2.45, 2.75) is 46.6 Å². The van der Waals surface area contributed by atoms with Crippen LogP contribution in [0.1, 0.15) is 47.4 Å². The van der Waals surface area contributed by atoms with Crippen molar-refractivity contribution in [1.82, 2.24) is 10.3 Å². The third kappa shape index (κ3) is 4.15. The molecule has 2 aromatic heterocycles. The maximum absolute atomic E-state index is 13.0. The van der Waals surface area contributed by atoms with Gasteiger partial charge in [-0.2, -0.15) is 0 Å². The van der Waals surface area contributed by atoms with Gasteiger partial charge in [0.2, 0.25) is 5.91 Å². The number of hydrogen-bond acceptors (Lipinski definition) is 4. The van der Waals surface area contributed by atoms with Gasteiger partial charge in [-0.25, -0.2) is 4.98 Å². The van der Waals surface area contributed by atoms with Crippen LogP contribution in [-0.4, -0.2) is 24.0 Å². The first-order chi connectivity index (χ1) is 13.9. The fourth-order valence-electron chi connectivity index (χ4n) is 4.16. The van der Waals surface area contributed by atoms with E-state index in [-0.39, 0.29) is 17.9 Å². The molecule has 3 heterocycles. The van der Waals surface area contributed by atoms with E-state index in [4.69, 9.17) is 0 Å². The van der Waals surface area contributed by atoms with E-state index in [9.17, 15) is 4.79 Å². The number of anilines is 1. The molecule has 4 rings (SSSR count). The summed E-state index contributed by atoms with van der Waals surface area (Å²) in [5, 5.41) is 4.45. The van der Waals surface area contributed by atoms with Gasteiger partial charge in [-0.05, 0) is 69.4 Å². The average Bonchev–Trinajstić information content (AvgIpc) is 3.10. The van der Waals surface area contributed by atoms with Crippen molar-refractivity contribution >= 4 is 33.1 Å². The molecule has 0 radical (unpaired) electrons. The molecule has 29 heavy (non-hydrogen) atoms. The molecule has 0 spiro atoms. The number of thiophene rings is 1. The number of nitrogens with zero attached hydrogens (tertiary/aromatic N) is 2. The number of benzene rings is 1. The number of carbonyl (C=O) groups is 1. The summed E-state index contributed by atoms with van der Waals surface area (Å²) in [4.78, 5) is 21.3. The van der Waals surface area contributed by atoms with Crippen LogP contribution in [0.3, 0.4) is 0 Å². The molecule has 1 aromatic carbocycles. The second-order valence-electron chi connectivity index (χ2n) is 8.26. The van der Waals surface area contributed by atoms with Gasteiger partial charge in [-0.15, -0.1) is 11.3 Å². The first kappa shape index (κ1) is 19.9. The lowest BCUT2D eigenvalue weighted by Crippen LogP contribution is -2.44. The summed E-state index contributed by atoms with van der Waals surface area (Å²) in [5.41, 5.74) is 3.70. The van der Waals surface area contributed by atoms with E-state index < -0.39 is 0 Å². The highest BCUT2D eigenvalue weighted by molar-refractivity contribution is 7.19. The van der Waals surface area contributed by atoms with Crippen LogP contribution in [0.25, 0.3) is 10.1 Å². The van der Waals surface area contributed by atoms with Crippen LogP contribution >= 0.6 is 11.3 Å². The number of hydrogen-bond donors (Lipinski definition) is 1. The number of rotatable bonds is 4. The number of aromatic nitrogens is 1. The van der Waals surface area contributed by atoms with E-state index in [2.05, 4.69) is 73.2 Å². The zero-order valence-corrected chi connectivity index (χ0v) is 18.5. The summed E-state index contributed by atoms with van der Waals surface area (Å²) in [6, 6.07) is 10.7. The summed E-state index contributed by atoms with van der Waals surface area (Å²) in [6.07, 6.45) is 3.83. The monoisotopic (exact) mass is 407 g/mol. The number of pyridine rings is 1. The molecule has 3 aromatic rings. The first-order valence-electron chi connectivity index (χ1n) is 10.4. The van der Waals surface area contributed by atoms with Crippen LogP contribution in [-0.2, 0) is 4.79 Å². The van der Waals surface area contributed by atoms with Crippen LogP contribution in [0.2, 0.25) is 0 Å². The third-order valence-electron chi connectivity index (χ3n) is 6.03. The van der Waals surface area contributed by atoms with Gasteiger partial charge in [-0.1, -0.05) is 18.2 Å². The van der Waals surface area contributed by atoms with Gasteiger partial charge < -0.3 is 10.2 Å². The maximum atomic E-state index is 13.0. The lowest BCUT2D eigenvalue weighted by atomic mass is 9.95. The second-order valence-corrected chi connectivity index (χ2v) is 9.55. The molecule has 0 bridgehead atoms. The molecule has 1 aliphatic heterocycles. The lowest BCUT2D eigenvalue weighted by Gasteiger charge is -2.33. The van der Waals surface area contributed by atoms with E-state index in [0.29, 0.717) is 0 Å². The van der Waals surface area contributed by atoms with Crippen molar-refractivity contribution in [1.29, 1.82) is 0 Å². The Labute approximate surface area is 177 Å². The highest BCUT2D eigenvalue weighted by atomic mass is 32.1. The fourth-order valence-corrected chi connectivity index (χ4v) is 5.07. The van der Waals surface area contributed by atoms with Gasteiger partial charge in [0.15, 0.2) is 0 Å². The van der Waals surface area contributed by atoms with Gasteiger partial charge in [0.05, 0.1) is 12.0 Å². The Kier molecular flexibility index (Phi) is 5.59. The molecular weight excluding hydrogens is 378 g/mol. The van der Waals surface area contributed by atoms with Crippen LogP contribution < -0.4 is 10.2 Å². The summed E-state index contributed by atoms with van der Waals surface area (Å²) in [6.45, 7) is 10.1. The summed E-state index contributed by atoms with van der Waals surface area (Å²) < 4.78 is 1.27. The Morgan fingerprint density at radius 2 is 2.03 bits per heavy atom. The topological polar surface area (TPSA) is 45.2 Å². The zero-order valence-electron chi connectivity index (χ0n) is 17.7. The minimum atomic E-state index is -0.00506. The minimum Gasteiger partial charge on any atom is -0.355 e. The molecule has 1 aliphatic rings. The average molecular weight is 408 g/mol. The standard InChI is InChI=1S/C24H29N3OS/c1-15-7-8-19(12-16(15)2)18(4)26-24(28)20-6-5-11-27(14-20)23-21-13-17(3)29-22(21)9-10-25-23/h7-10,12-13,18,20H,5-6,11,14H2,1-4H3,(H,26,28)/t18-,20-/m1/s1. The number of amides is 1. The van der Waals surface area contributed by atoms with Crippen molar-refractivity contribution < 1.29 is 4.79 Å². The highest BCUT2D eigenvalue weighted by Gasteiger charge is 2.28. The molecule has 1 amide bonds. The Hall–Kier alpha value is -2.40. The van der Waals surface area contributed by atoms with Gasteiger partial charge in [0.1, 0.15) is 5.82 Å². The van der Waals surface area contributed by atoms with E-state index in [1.807, 2.05) is 6.20 Å². The lowest BCUT2D eigenvalue weighted by molar-refractivity contribution is -0.125. The zero-order chi connectivity index (χ0) is 20.5. The van der Waals surface area contributed by atoms with E-state index in [1.165, 1.54) is 26.1 Å². The fraction of sp³-hybridized carbons (Fsp3) is 0.417. The second kappa shape index (κ2) is 8.15. The Morgan fingerprint density at radius 3 is 2.83 bits per heavy atom. The molecular formula is C24H29N3OS. The molecule has 152 valence electrons. The van der Waals surface area contributed by atoms with E-state index >= 15 is 0 Å². The smallest absolute Gasteiger partial charge is 0.225 e. The molecule has 1 saturated heterocycles. The Bertz CT molecular complexity index is 1040. The van der Waals surface area contributed by atoms with Crippen LogP contribution in [0.4, 0.5) is 5.82 Å². The van der Waals surface area contributed by atoms with Gasteiger partial charge in [-0.3, -0.25) is 4.79 Å². The third-order valence-corrected chi connectivity index (χ3v) is 7.04. The molecule has 4 nitrogen and oxygen atoms in total. The van der Waals surface area contributed by atoms with E-state index in [1.54, 1.807) is 11.3 Å². The van der Waals surface area contributed by atoms with Gasteiger partial charge in [0, 0.05) is 34.2 Å². The number of aryl methyl sites for hydroxylation is 3. The predicted molar refractivity (Wildman–Crippen MR) is 122 cm³/mol. The minimum absolute atomic E-state index is 0.00506. The van der Waals surface area contributed by atoms with Crippen molar-refractivity contribution in [3.8, 4) is 0 Å². The normalized spacial score (nSPS) is 18.1. The Morgan fingerprint density at radius 1 is 1.21 bits per heavy atom. The SMILES string of the molecule is Cc1cc2c(N3CCC[C@@H](C(=O)N[C@H](C)c4ccc(C)c(C)c4)C3)nccc2s1. The van der Waals surface area contributed by atoms with Crippen LogP contribution in [0, 0.1) is 26.7 Å². The quantitative estimate of drug-likeness (QED) is 0.637. The predicted octanol–water partition coefficient (Wildman–Crippen LogP) is 5.32. The van der Waals surface area contributed by atoms with Crippen molar-refractivity contribution in [2.75, 3.05) is 18.0 Å². The van der Waals surface area contributed by atoms with Gasteiger partial charge in [0.25, 0.3) is 0 Å². The molecule has 0 aliphatic carbocycles. The first-order valence-corrected chi connectivity index (χ1v) is 11.2. The van der Waals surface area contributed by atoms with Gasteiger partial charge >= 0.3 is 0 Å². The molecule has 1 N–H and O–H groups in total. The van der Waals surface area contributed by atoms with Crippen molar-refractivity contribution in [3.63, 3.8) is 0 Å². The number of fused-ring (bicyclic) bond motifs is 1. The van der Waals surface area contributed by atoms with Crippen molar-refractivity contribution in [3.05, 3.63) is 58.1 Å². The number of nitrogens with one attached hydrogen (secondary N) is 1. The summed E-state index contributed by atoms with van der Waals surface area (Å²) >= 11 is 1.80. The Balaban J connectivity index is 1.47. The molecule has 5 heteroatoms. The van der Waals surface area contributed by atoms with E-state index in [0.717, 1.165) is 37.3 Å². The summed E-state index contributed by atoms with van der Waals surface area (Å²) in [5.74, 6) is 1.16. The van der Waals surface area contributed by atoms with Crippen LogP contribution in [0.15, 0.2) is 36.5 Å². The molecule has 0 saturated carbocycles. The van der Waals surface area contributed by atoms with Crippen LogP contribution in [0.5, 0.6) is 0 Å². The number of carbonyl (C=O) groups excluding carboxylic acids is 1.